The van der Waals surface area contributed by atoms with Gasteiger partial charge in [0.25, 0.3) is 5.91 Å². The second-order valence-corrected chi connectivity index (χ2v) is 10.3. The molecule has 1 aliphatic heterocycles. The Kier molecular flexibility index (Phi) is 6.68. The number of anilines is 1. The van der Waals surface area contributed by atoms with Crippen molar-refractivity contribution in [1.29, 1.82) is 0 Å². The van der Waals surface area contributed by atoms with Crippen LogP contribution in [0.25, 0.3) is 11.0 Å². The molecule has 2 aromatic rings. The molecule has 1 aromatic heterocycles. The minimum Gasteiger partial charge on any atom is -0.378 e. The summed E-state index contributed by atoms with van der Waals surface area (Å²) in [6.45, 7) is 4.84. The third-order valence-electron chi connectivity index (χ3n) is 7.51. The van der Waals surface area contributed by atoms with Gasteiger partial charge in [-0.05, 0) is 69.5 Å². The Morgan fingerprint density at radius 3 is 2.62 bits per heavy atom. The van der Waals surface area contributed by atoms with Gasteiger partial charge in [-0.2, -0.15) is 5.48 Å². The number of rotatable bonds is 6. The Hall–Kier alpha value is -2.36. The number of halogens is 1. The molecule has 1 saturated heterocycles. The summed E-state index contributed by atoms with van der Waals surface area (Å²) in [7, 11) is 0. The number of nitrogens with one attached hydrogen (secondary N) is 1. The van der Waals surface area contributed by atoms with Crippen LogP contribution in [0.2, 0.25) is 5.02 Å². The monoisotopic (exact) mass is 490 g/mol. The van der Waals surface area contributed by atoms with Gasteiger partial charge >= 0.3 is 5.97 Å². The molecule has 9 nitrogen and oxygen atoms in total. The van der Waals surface area contributed by atoms with E-state index >= 15 is 0 Å². The van der Waals surface area contributed by atoms with Gasteiger partial charge < -0.3 is 19.4 Å². The van der Waals surface area contributed by atoms with E-state index in [-0.39, 0.29) is 11.8 Å². The molecule has 184 valence electrons. The number of carbonyl (C=O) groups is 2. The zero-order chi connectivity index (χ0) is 23.7. The number of fused-ring (bicyclic) bond motifs is 1. The van der Waals surface area contributed by atoms with Crippen molar-refractivity contribution in [2.24, 2.45) is 11.8 Å². The van der Waals surface area contributed by atoms with Crippen LogP contribution in [0, 0.1) is 11.8 Å². The van der Waals surface area contributed by atoms with E-state index in [1.165, 1.54) is 0 Å². The van der Waals surface area contributed by atoms with E-state index in [0.717, 1.165) is 76.0 Å². The highest BCUT2D eigenvalue weighted by molar-refractivity contribution is 6.31. The maximum Gasteiger partial charge on any atom is 0.363 e. The molecular weight excluding hydrogens is 460 g/mol. The van der Waals surface area contributed by atoms with E-state index in [1.54, 1.807) is 6.07 Å². The zero-order valence-corrected chi connectivity index (χ0v) is 19.9. The highest BCUT2D eigenvalue weighted by Crippen LogP contribution is 2.36. The highest BCUT2D eigenvalue weighted by Gasteiger charge is 2.50. The Morgan fingerprint density at radius 2 is 1.91 bits per heavy atom. The van der Waals surface area contributed by atoms with Crippen molar-refractivity contribution in [2.75, 3.05) is 37.6 Å². The van der Waals surface area contributed by atoms with E-state index in [2.05, 4.69) is 20.4 Å². The smallest absolute Gasteiger partial charge is 0.363 e. The van der Waals surface area contributed by atoms with Crippen molar-refractivity contribution in [3.8, 4) is 0 Å². The third kappa shape index (κ3) is 5.16. The third-order valence-corrected chi connectivity index (χ3v) is 7.74. The maximum absolute atomic E-state index is 12.3. The summed E-state index contributed by atoms with van der Waals surface area (Å²) >= 11 is 6.04. The fraction of sp³-hybridized carbons (Fsp3) is 0.625. The first-order chi connectivity index (χ1) is 16.4. The van der Waals surface area contributed by atoms with Gasteiger partial charge in [-0.1, -0.05) is 16.8 Å². The summed E-state index contributed by atoms with van der Waals surface area (Å²) in [4.78, 5) is 33.5. The lowest BCUT2D eigenvalue weighted by Crippen LogP contribution is -2.47. The van der Waals surface area contributed by atoms with E-state index in [1.807, 2.05) is 12.1 Å². The van der Waals surface area contributed by atoms with E-state index in [0.29, 0.717) is 29.4 Å². The molecule has 0 bridgehead atoms. The molecule has 10 heteroatoms. The Balaban J connectivity index is 1.01. The average molecular weight is 491 g/mol. The summed E-state index contributed by atoms with van der Waals surface area (Å²) in [5, 5.41) is 15.6. The molecule has 3 fully saturated rings. The molecule has 0 spiro atoms. The molecule has 2 heterocycles. The molecule has 0 unspecified atom stereocenters. The van der Waals surface area contributed by atoms with Crippen molar-refractivity contribution in [2.45, 2.75) is 50.5 Å². The van der Waals surface area contributed by atoms with E-state index < -0.39 is 11.6 Å². The fourth-order valence-electron chi connectivity index (χ4n) is 4.99. The van der Waals surface area contributed by atoms with Crippen molar-refractivity contribution in [1.82, 2.24) is 15.5 Å². The Morgan fingerprint density at radius 1 is 1.18 bits per heavy atom. The Labute approximate surface area is 203 Å². The molecule has 5 rings (SSSR count). The summed E-state index contributed by atoms with van der Waals surface area (Å²) < 4.78 is 5.45. The number of hydrogen-bond donors (Lipinski definition) is 2. The van der Waals surface area contributed by atoms with Gasteiger partial charge in [0, 0.05) is 43.2 Å². The van der Waals surface area contributed by atoms with Crippen LogP contribution in [0.15, 0.2) is 22.7 Å². The number of benzene rings is 1. The number of carbonyl (C=O) groups excluding carboxylic acids is 2. The molecule has 1 amide bonds. The van der Waals surface area contributed by atoms with Crippen LogP contribution < -0.4 is 10.4 Å². The predicted octanol–water partition coefficient (Wildman–Crippen LogP) is 2.90. The molecule has 2 N–H and O–H groups in total. The molecule has 1 aromatic carbocycles. The fourth-order valence-corrected chi connectivity index (χ4v) is 5.15. The molecule has 34 heavy (non-hydrogen) atoms. The van der Waals surface area contributed by atoms with E-state index in [9.17, 15) is 14.7 Å². The van der Waals surface area contributed by atoms with Crippen LogP contribution in [-0.4, -0.2) is 65.4 Å². The lowest BCUT2D eigenvalue weighted by Gasteiger charge is -2.36. The van der Waals surface area contributed by atoms with Gasteiger partial charge in [-0.25, -0.2) is 4.79 Å². The first-order valence-corrected chi connectivity index (χ1v) is 12.5. The van der Waals surface area contributed by atoms with Crippen LogP contribution in [0.3, 0.4) is 0 Å². The number of amides is 1. The maximum atomic E-state index is 12.3. The molecule has 0 radical (unpaired) electrons. The van der Waals surface area contributed by atoms with Crippen LogP contribution in [-0.2, 0) is 14.4 Å². The number of hydroxylamine groups is 1. The number of aromatic nitrogens is 1. The van der Waals surface area contributed by atoms with Gasteiger partial charge in [0.2, 0.25) is 0 Å². The lowest BCUT2D eigenvalue weighted by molar-refractivity contribution is -0.170. The average Bonchev–Trinajstić information content (AvgIpc) is 3.48. The van der Waals surface area contributed by atoms with Crippen molar-refractivity contribution in [3.63, 3.8) is 0 Å². The SMILES string of the molecule is O=C(NOC(=O)C1(O)CC1)C1CCC(CCN2CCN(c3noc4cc(Cl)ccc34)CC2)CC1. The van der Waals surface area contributed by atoms with Gasteiger partial charge in [0.1, 0.15) is 0 Å². The summed E-state index contributed by atoms with van der Waals surface area (Å²) in [6, 6.07) is 5.63. The van der Waals surface area contributed by atoms with Gasteiger partial charge in [0.05, 0.1) is 5.39 Å². The summed E-state index contributed by atoms with van der Waals surface area (Å²) in [6.07, 6.45) is 5.53. The number of aliphatic hydroxyl groups is 1. The van der Waals surface area contributed by atoms with Gasteiger partial charge in [-0.15, -0.1) is 0 Å². The highest BCUT2D eigenvalue weighted by atomic mass is 35.5. The second-order valence-electron chi connectivity index (χ2n) is 9.87. The topological polar surface area (TPSA) is 108 Å². The zero-order valence-electron chi connectivity index (χ0n) is 19.2. The quantitative estimate of drug-likeness (QED) is 0.595. The normalized spacial score (nSPS) is 24.7. The minimum absolute atomic E-state index is 0.131. The first-order valence-electron chi connectivity index (χ1n) is 12.2. The number of hydrogen-bond acceptors (Lipinski definition) is 8. The molecule has 2 saturated carbocycles. The summed E-state index contributed by atoms with van der Waals surface area (Å²) in [5.41, 5.74) is 1.58. The van der Waals surface area contributed by atoms with Gasteiger partial charge in [-0.3, -0.25) is 9.69 Å². The van der Waals surface area contributed by atoms with Crippen molar-refractivity contribution >= 4 is 40.3 Å². The minimum atomic E-state index is -1.38. The number of nitrogens with zero attached hydrogens (tertiary/aromatic N) is 3. The molecule has 2 aliphatic carbocycles. The second kappa shape index (κ2) is 9.71. The van der Waals surface area contributed by atoms with E-state index in [4.69, 9.17) is 21.0 Å². The predicted molar refractivity (Wildman–Crippen MR) is 126 cm³/mol. The summed E-state index contributed by atoms with van der Waals surface area (Å²) in [5.74, 6) is 0.361. The molecular formula is C24H31ClN4O5. The van der Waals surface area contributed by atoms with Crippen LogP contribution >= 0.6 is 11.6 Å². The van der Waals surface area contributed by atoms with Gasteiger partial charge in [0.15, 0.2) is 17.0 Å². The molecule has 0 atom stereocenters. The van der Waals surface area contributed by atoms with Crippen LogP contribution in [0.1, 0.15) is 44.9 Å². The number of piperazine rings is 1. The molecule has 3 aliphatic rings. The standard InChI is InChI=1S/C24H31ClN4O5/c25-18-5-6-19-20(15-18)33-26-21(19)29-13-11-28(12-14-29)10-7-16-1-3-17(4-2-16)22(30)27-34-23(31)24(32)8-9-24/h5-6,15-17,32H,1-4,7-14H2,(H,27,30). The van der Waals surface area contributed by atoms with Crippen LogP contribution in [0.4, 0.5) is 5.82 Å². The van der Waals surface area contributed by atoms with Crippen molar-refractivity contribution in [3.05, 3.63) is 23.2 Å². The first kappa shape index (κ1) is 23.4. The largest absolute Gasteiger partial charge is 0.378 e. The lowest BCUT2D eigenvalue weighted by atomic mass is 9.80. The van der Waals surface area contributed by atoms with Crippen molar-refractivity contribution < 1.29 is 24.1 Å². The van der Waals surface area contributed by atoms with Crippen LogP contribution in [0.5, 0.6) is 0 Å². The Bertz CT molecular complexity index is 1040.